The molecule has 3 aromatic rings. The van der Waals surface area contributed by atoms with Gasteiger partial charge in [0.2, 0.25) is 5.89 Å². The number of amides is 1. The summed E-state index contributed by atoms with van der Waals surface area (Å²) < 4.78 is 5.74. The first-order valence-electron chi connectivity index (χ1n) is 8.90. The normalized spacial score (nSPS) is 15.4. The number of benzene rings is 1. The lowest BCUT2D eigenvalue weighted by Gasteiger charge is -2.21. The molecular weight excluding hydrogens is 314 g/mol. The summed E-state index contributed by atoms with van der Waals surface area (Å²) in [6, 6.07) is 10.9. The lowest BCUT2D eigenvalue weighted by molar-refractivity contribution is 0.0943. The third-order valence-electron chi connectivity index (χ3n) is 4.81. The molecule has 0 aliphatic heterocycles. The molecule has 1 aliphatic rings. The van der Waals surface area contributed by atoms with Gasteiger partial charge in [-0.3, -0.25) is 9.78 Å². The number of hydrogen-bond acceptors (Lipinski definition) is 4. The van der Waals surface area contributed by atoms with E-state index < -0.39 is 0 Å². The third kappa shape index (κ3) is 3.55. The monoisotopic (exact) mass is 335 g/mol. The summed E-state index contributed by atoms with van der Waals surface area (Å²) in [4.78, 5) is 21.1. The van der Waals surface area contributed by atoms with E-state index in [-0.39, 0.29) is 5.91 Å². The topological polar surface area (TPSA) is 68.0 Å². The van der Waals surface area contributed by atoms with Crippen LogP contribution in [0.4, 0.5) is 0 Å². The number of nitrogens with one attached hydrogen (secondary N) is 1. The first-order valence-corrected chi connectivity index (χ1v) is 8.90. The lowest BCUT2D eigenvalue weighted by Crippen LogP contribution is -2.30. The summed E-state index contributed by atoms with van der Waals surface area (Å²) in [6.45, 7) is 0.759. The minimum atomic E-state index is -0.0464. The van der Waals surface area contributed by atoms with Crippen LogP contribution in [0.1, 0.15) is 42.5 Å². The number of rotatable bonds is 4. The Balaban J connectivity index is 1.49. The van der Waals surface area contributed by atoms with E-state index in [1.807, 2.05) is 18.2 Å². The van der Waals surface area contributed by atoms with Gasteiger partial charge >= 0.3 is 0 Å². The Morgan fingerprint density at radius 3 is 2.84 bits per heavy atom. The molecule has 1 N–H and O–H groups in total. The van der Waals surface area contributed by atoms with Crippen molar-refractivity contribution in [1.82, 2.24) is 15.3 Å². The van der Waals surface area contributed by atoms with E-state index in [1.165, 1.54) is 32.1 Å². The SMILES string of the molecule is O=C(NCC1CCCCC1)c1ccc2oc(-c3ccccn3)nc2c1. The Bertz CT molecular complexity index is 867. The van der Waals surface area contributed by atoms with Crippen molar-refractivity contribution in [3.63, 3.8) is 0 Å². The molecule has 1 aliphatic carbocycles. The van der Waals surface area contributed by atoms with E-state index in [9.17, 15) is 4.79 Å². The molecule has 5 heteroatoms. The smallest absolute Gasteiger partial charge is 0.251 e. The maximum atomic E-state index is 12.4. The molecule has 1 fully saturated rings. The van der Waals surface area contributed by atoms with Crippen LogP contribution in [-0.2, 0) is 0 Å². The number of pyridine rings is 1. The molecule has 1 saturated carbocycles. The van der Waals surface area contributed by atoms with Gasteiger partial charge in [0.1, 0.15) is 11.2 Å². The molecule has 0 bridgehead atoms. The van der Waals surface area contributed by atoms with Crippen molar-refractivity contribution in [3.8, 4) is 11.6 Å². The van der Waals surface area contributed by atoms with Crippen LogP contribution >= 0.6 is 0 Å². The molecule has 0 spiro atoms. The fraction of sp³-hybridized carbons (Fsp3) is 0.350. The fourth-order valence-corrected chi connectivity index (χ4v) is 3.40. The Morgan fingerprint density at radius 2 is 2.04 bits per heavy atom. The van der Waals surface area contributed by atoms with E-state index >= 15 is 0 Å². The predicted octanol–water partition coefficient (Wildman–Crippen LogP) is 4.20. The molecule has 2 aromatic heterocycles. The standard InChI is InChI=1S/C20H21N3O2/c24-19(22-13-14-6-2-1-3-7-14)15-9-10-18-17(12-15)23-20(25-18)16-8-4-5-11-21-16/h4-5,8-12,14H,1-3,6-7,13H2,(H,22,24). The second-order valence-electron chi connectivity index (χ2n) is 6.63. The van der Waals surface area contributed by atoms with Gasteiger partial charge in [-0.2, -0.15) is 0 Å². The van der Waals surface area contributed by atoms with Gasteiger partial charge in [0.25, 0.3) is 5.91 Å². The van der Waals surface area contributed by atoms with Crippen molar-refractivity contribution >= 4 is 17.0 Å². The fourth-order valence-electron chi connectivity index (χ4n) is 3.40. The first-order chi connectivity index (χ1) is 12.3. The second kappa shape index (κ2) is 7.05. The van der Waals surface area contributed by atoms with E-state index in [4.69, 9.17) is 4.42 Å². The summed E-state index contributed by atoms with van der Waals surface area (Å²) in [6.07, 6.45) is 8.02. The number of fused-ring (bicyclic) bond motifs is 1. The van der Waals surface area contributed by atoms with Gasteiger partial charge in [-0.1, -0.05) is 25.3 Å². The molecule has 25 heavy (non-hydrogen) atoms. The number of carbonyl (C=O) groups is 1. The lowest BCUT2D eigenvalue weighted by atomic mass is 9.89. The number of oxazole rings is 1. The minimum absolute atomic E-state index is 0.0464. The van der Waals surface area contributed by atoms with Crippen LogP contribution in [0.5, 0.6) is 0 Å². The average molecular weight is 335 g/mol. The van der Waals surface area contributed by atoms with Crippen molar-refractivity contribution in [2.45, 2.75) is 32.1 Å². The van der Waals surface area contributed by atoms with Crippen LogP contribution in [0.3, 0.4) is 0 Å². The third-order valence-corrected chi connectivity index (χ3v) is 4.81. The molecule has 1 aromatic carbocycles. The number of nitrogens with zero attached hydrogens (tertiary/aromatic N) is 2. The molecule has 5 nitrogen and oxygen atoms in total. The van der Waals surface area contributed by atoms with Gasteiger partial charge in [-0.15, -0.1) is 0 Å². The highest BCUT2D eigenvalue weighted by Crippen LogP contribution is 2.24. The zero-order valence-electron chi connectivity index (χ0n) is 14.1. The first kappa shape index (κ1) is 15.8. The van der Waals surface area contributed by atoms with Gasteiger partial charge in [-0.25, -0.2) is 4.98 Å². The summed E-state index contributed by atoms with van der Waals surface area (Å²) in [5, 5.41) is 3.06. The largest absolute Gasteiger partial charge is 0.435 e. The van der Waals surface area contributed by atoms with Crippen LogP contribution < -0.4 is 5.32 Å². The molecule has 0 radical (unpaired) electrons. The minimum Gasteiger partial charge on any atom is -0.435 e. The van der Waals surface area contributed by atoms with Crippen molar-refractivity contribution in [1.29, 1.82) is 0 Å². The molecule has 0 atom stereocenters. The zero-order valence-corrected chi connectivity index (χ0v) is 14.1. The quantitative estimate of drug-likeness (QED) is 0.776. The van der Waals surface area contributed by atoms with E-state index in [0.29, 0.717) is 34.2 Å². The van der Waals surface area contributed by atoms with Gasteiger partial charge in [0.15, 0.2) is 5.58 Å². The molecular formula is C20H21N3O2. The van der Waals surface area contributed by atoms with Gasteiger partial charge in [0.05, 0.1) is 0 Å². The summed E-state index contributed by atoms with van der Waals surface area (Å²) in [7, 11) is 0. The van der Waals surface area contributed by atoms with Gasteiger partial charge in [0, 0.05) is 18.3 Å². The van der Waals surface area contributed by atoms with Crippen LogP contribution in [0.25, 0.3) is 22.7 Å². The highest BCUT2D eigenvalue weighted by Gasteiger charge is 2.16. The number of aromatic nitrogens is 2. The van der Waals surface area contributed by atoms with Crippen LogP contribution in [0.15, 0.2) is 47.0 Å². The Kier molecular flexibility index (Phi) is 4.46. The van der Waals surface area contributed by atoms with Crippen LogP contribution in [0.2, 0.25) is 0 Å². The van der Waals surface area contributed by atoms with Crippen molar-refractivity contribution < 1.29 is 9.21 Å². The van der Waals surface area contributed by atoms with Gasteiger partial charge in [-0.05, 0) is 49.1 Å². The summed E-state index contributed by atoms with van der Waals surface area (Å²) in [5.41, 5.74) is 2.63. The average Bonchev–Trinajstić information content (AvgIpc) is 3.11. The molecule has 0 saturated heterocycles. The molecule has 1 amide bonds. The Hall–Kier alpha value is -2.69. The van der Waals surface area contributed by atoms with E-state index in [2.05, 4.69) is 15.3 Å². The molecule has 4 rings (SSSR count). The number of carbonyl (C=O) groups excluding carboxylic acids is 1. The molecule has 128 valence electrons. The maximum Gasteiger partial charge on any atom is 0.251 e. The number of hydrogen-bond donors (Lipinski definition) is 1. The van der Waals surface area contributed by atoms with E-state index in [0.717, 1.165) is 6.54 Å². The van der Waals surface area contributed by atoms with Gasteiger partial charge < -0.3 is 9.73 Å². The van der Waals surface area contributed by atoms with Crippen LogP contribution in [-0.4, -0.2) is 22.4 Å². The highest BCUT2D eigenvalue weighted by molar-refractivity contribution is 5.97. The van der Waals surface area contributed by atoms with Crippen molar-refractivity contribution in [2.24, 2.45) is 5.92 Å². The molecule has 0 unspecified atom stereocenters. The summed E-state index contributed by atoms with van der Waals surface area (Å²) in [5.74, 6) is 1.04. The van der Waals surface area contributed by atoms with Crippen LogP contribution in [0, 0.1) is 5.92 Å². The Labute approximate surface area is 146 Å². The maximum absolute atomic E-state index is 12.4. The summed E-state index contributed by atoms with van der Waals surface area (Å²) >= 11 is 0. The predicted molar refractivity (Wildman–Crippen MR) is 96.1 cm³/mol. The zero-order chi connectivity index (χ0) is 17.1. The van der Waals surface area contributed by atoms with Crippen molar-refractivity contribution in [3.05, 3.63) is 48.2 Å². The molecule has 2 heterocycles. The Morgan fingerprint density at radius 1 is 1.16 bits per heavy atom. The van der Waals surface area contributed by atoms with Crippen molar-refractivity contribution in [2.75, 3.05) is 6.54 Å². The highest BCUT2D eigenvalue weighted by atomic mass is 16.3. The van der Waals surface area contributed by atoms with E-state index in [1.54, 1.807) is 24.4 Å². The second-order valence-corrected chi connectivity index (χ2v) is 6.63.